The van der Waals surface area contributed by atoms with E-state index in [0.29, 0.717) is 10.2 Å². The second kappa shape index (κ2) is 7.38. The van der Waals surface area contributed by atoms with Crippen LogP contribution in [0.3, 0.4) is 0 Å². The number of hydrogen-bond acceptors (Lipinski definition) is 5. The summed E-state index contributed by atoms with van der Waals surface area (Å²) in [5, 5.41) is 4.10. The number of alkyl halides is 6. The van der Waals surface area contributed by atoms with E-state index in [0.717, 1.165) is 23.6 Å². The number of benzene rings is 1. The van der Waals surface area contributed by atoms with Crippen molar-refractivity contribution in [2.24, 2.45) is 5.16 Å². The molecule has 14 heteroatoms. The van der Waals surface area contributed by atoms with Gasteiger partial charge in [-0.05, 0) is 19.1 Å². The summed E-state index contributed by atoms with van der Waals surface area (Å²) >= 11 is 6.00. The predicted molar refractivity (Wildman–Crippen MR) is 86.7 cm³/mol. The Hall–Kier alpha value is -2.28. The van der Waals surface area contributed by atoms with E-state index in [1.807, 2.05) is 5.32 Å². The Morgan fingerprint density at radius 1 is 1.19 bits per heavy atom. The number of amides is 2. The third kappa shape index (κ3) is 4.53. The lowest BCUT2D eigenvalue weighted by Crippen LogP contribution is -2.69. The number of carbonyl (C=O) groups excluding carboxylic acids is 1. The number of nitrogens with one attached hydrogen (secondary N) is 2. The van der Waals surface area contributed by atoms with Crippen molar-refractivity contribution < 1.29 is 36.0 Å². The summed E-state index contributed by atoms with van der Waals surface area (Å²) in [6.45, 7) is 0.889. The van der Waals surface area contributed by atoms with Crippen molar-refractivity contribution in [2.75, 3.05) is 5.32 Å². The number of aromatic nitrogens is 1. The molecule has 0 atom stereocenters. The van der Waals surface area contributed by atoms with Crippen LogP contribution in [0.4, 0.5) is 36.3 Å². The molecule has 1 heterocycles. The topological polar surface area (TPSA) is 75.6 Å². The number of rotatable bonds is 4. The molecule has 2 rings (SSSR count). The fourth-order valence-corrected chi connectivity index (χ4v) is 2.67. The summed E-state index contributed by atoms with van der Waals surface area (Å²) in [6.07, 6.45) is -12.2. The molecule has 0 fully saturated rings. The van der Waals surface area contributed by atoms with E-state index in [4.69, 9.17) is 11.6 Å². The summed E-state index contributed by atoms with van der Waals surface area (Å²) in [7, 11) is 0. The van der Waals surface area contributed by atoms with Crippen LogP contribution in [0.25, 0.3) is 10.2 Å². The highest BCUT2D eigenvalue weighted by Crippen LogP contribution is 2.44. The SMILES string of the molecule is C/C(Cl)=N/OC(NC(=O)Nc1nc2ccccc2s1)(C(F)(F)F)C(F)(F)F. The van der Waals surface area contributed by atoms with Crippen LogP contribution in [0, 0.1) is 0 Å². The van der Waals surface area contributed by atoms with E-state index >= 15 is 0 Å². The first kappa shape index (κ1) is 21.0. The number of oxime groups is 1. The molecule has 0 spiro atoms. The molecule has 0 bridgehead atoms. The van der Waals surface area contributed by atoms with Gasteiger partial charge >= 0.3 is 24.1 Å². The Balaban J connectivity index is 2.32. The lowest BCUT2D eigenvalue weighted by atomic mass is 10.2. The number of thiazole rings is 1. The van der Waals surface area contributed by atoms with Gasteiger partial charge in [-0.2, -0.15) is 26.3 Å². The normalized spacial score (nSPS) is 13.6. The van der Waals surface area contributed by atoms with Gasteiger partial charge in [0.15, 0.2) is 5.13 Å². The number of anilines is 1. The highest BCUT2D eigenvalue weighted by Gasteiger charge is 2.76. The van der Waals surface area contributed by atoms with Crippen molar-refractivity contribution in [3.05, 3.63) is 24.3 Å². The van der Waals surface area contributed by atoms with Crippen molar-refractivity contribution >= 4 is 49.5 Å². The summed E-state index contributed by atoms with van der Waals surface area (Å²) < 4.78 is 79.6. The Kier molecular flexibility index (Phi) is 5.75. The molecule has 27 heavy (non-hydrogen) atoms. The lowest BCUT2D eigenvalue weighted by molar-refractivity contribution is -0.388. The maximum Gasteiger partial charge on any atom is 0.461 e. The van der Waals surface area contributed by atoms with Crippen LogP contribution in [0.15, 0.2) is 29.4 Å². The molecule has 0 aliphatic rings. The maximum atomic E-state index is 13.2. The second-order valence-corrected chi connectivity index (χ2v) is 6.50. The molecule has 1 aromatic carbocycles. The molecule has 0 aliphatic carbocycles. The number of urea groups is 1. The molecule has 148 valence electrons. The first-order valence-electron chi connectivity index (χ1n) is 6.82. The van der Waals surface area contributed by atoms with E-state index in [1.165, 1.54) is 0 Å². The van der Waals surface area contributed by atoms with Crippen molar-refractivity contribution in [3.63, 3.8) is 0 Å². The third-order valence-corrected chi connectivity index (χ3v) is 3.93. The van der Waals surface area contributed by atoms with Crippen molar-refractivity contribution in [3.8, 4) is 0 Å². The summed E-state index contributed by atoms with van der Waals surface area (Å²) in [6, 6.07) is 4.55. The monoisotopic (exact) mass is 434 g/mol. The first-order valence-corrected chi connectivity index (χ1v) is 8.01. The zero-order valence-electron chi connectivity index (χ0n) is 13.1. The molecule has 0 unspecified atom stereocenters. The first-order chi connectivity index (χ1) is 12.4. The van der Waals surface area contributed by atoms with Gasteiger partial charge in [0, 0.05) is 0 Å². The molecule has 1 aromatic heterocycles. The van der Waals surface area contributed by atoms with E-state index in [-0.39, 0.29) is 5.13 Å². The van der Waals surface area contributed by atoms with Gasteiger partial charge in [-0.1, -0.05) is 40.2 Å². The van der Waals surface area contributed by atoms with Gasteiger partial charge in [-0.15, -0.1) is 0 Å². The van der Waals surface area contributed by atoms with Gasteiger partial charge in [0.2, 0.25) is 0 Å². The maximum absolute atomic E-state index is 13.2. The minimum atomic E-state index is -6.11. The third-order valence-electron chi connectivity index (χ3n) is 2.91. The Morgan fingerprint density at radius 2 is 1.78 bits per heavy atom. The number of fused-ring (bicyclic) bond motifs is 1. The zero-order valence-corrected chi connectivity index (χ0v) is 14.6. The average molecular weight is 435 g/mol. The highest BCUT2D eigenvalue weighted by molar-refractivity contribution is 7.22. The van der Waals surface area contributed by atoms with Gasteiger partial charge in [0.25, 0.3) is 0 Å². The number of carbonyl (C=O) groups is 1. The van der Waals surface area contributed by atoms with Gasteiger partial charge in [-0.3, -0.25) is 10.6 Å². The zero-order chi connectivity index (χ0) is 20.5. The fourth-order valence-electron chi connectivity index (χ4n) is 1.77. The van der Waals surface area contributed by atoms with Crippen LogP contribution < -0.4 is 10.6 Å². The summed E-state index contributed by atoms with van der Waals surface area (Å²) in [5.41, 5.74) is -4.72. The van der Waals surface area contributed by atoms with E-state index < -0.39 is 29.3 Å². The summed E-state index contributed by atoms with van der Waals surface area (Å²) in [5.74, 6) is 0. The quantitative estimate of drug-likeness (QED) is 0.313. The number of para-hydroxylation sites is 1. The molecule has 2 N–H and O–H groups in total. The van der Waals surface area contributed by atoms with Gasteiger partial charge in [0.1, 0.15) is 5.17 Å². The molecular weight excluding hydrogens is 426 g/mol. The minimum absolute atomic E-state index is 0.219. The second-order valence-electron chi connectivity index (χ2n) is 4.92. The Morgan fingerprint density at radius 3 is 2.30 bits per heavy atom. The lowest BCUT2D eigenvalue weighted by Gasteiger charge is -2.34. The van der Waals surface area contributed by atoms with E-state index in [2.05, 4.69) is 15.0 Å². The van der Waals surface area contributed by atoms with Crippen LogP contribution in [0.2, 0.25) is 0 Å². The molecule has 6 nitrogen and oxygen atoms in total. The van der Waals surface area contributed by atoms with Gasteiger partial charge < -0.3 is 4.84 Å². The van der Waals surface area contributed by atoms with Crippen LogP contribution in [0.5, 0.6) is 0 Å². The van der Waals surface area contributed by atoms with Crippen molar-refractivity contribution in [1.82, 2.24) is 10.3 Å². The van der Waals surface area contributed by atoms with Gasteiger partial charge in [-0.25, -0.2) is 9.78 Å². The molecule has 0 radical (unpaired) electrons. The van der Waals surface area contributed by atoms with E-state index in [9.17, 15) is 31.1 Å². The summed E-state index contributed by atoms with van der Waals surface area (Å²) in [4.78, 5) is 19.3. The number of halogens is 7. The fraction of sp³-hybridized carbons (Fsp3) is 0.308. The number of hydrogen-bond donors (Lipinski definition) is 2. The largest absolute Gasteiger partial charge is 0.461 e. The van der Waals surface area contributed by atoms with Crippen LogP contribution in [0.1, 0.15) is 6.92 Å². The molecule has 0 saturated heterocycles. The van der Waals surface area contributed by atoms with Crippen LogP contribution in [-0.2, 0) is 4.84 Å². The molecule has 2 aromatic rings. The van der Waals surface area contributed by atoms with Gasteiger partial charge in [0.05, 0.1) is 10.2 Å². The van der Waals surface area contributed by atoms with Crippen LogP contribution >= 0.6 is 22.9 Å². The smallest absolute Gasteiger partial charge is 0.346 e. The average Bonchev–Trinajstić information content (AvgIpc) is 2.90. The molecule has 2 amide bonds. The molecule has 0 aliphatic heterocycles. The number of nitrogens with zero attached hydrogens (tertiary/aromatic N) is 2. The van der Waals surface area contributed by atoms with E-state index in [1.54, 1.807) is 24.3 Å². The minimum Gasteiger partial charge on any atom is -0.346 e. The predicted octanol–water partition coefficient (Wildman–Crippen LogP) is 4.83. The van der Waals surface area contributed by atoms with Crippen molar-refractivity contribution in [2.45, 2.75) is 25.0 Å². The standard InChI is InChI=1S/C13H9ClF6N4O2S/c1-6(14)24-26-11(12(15,16)17,13(18,19)20)23-9(25)22-10-21-7-4-2-3-5-8(7)27-10/h2-5H,1H3,(H2,21,22,23,25)/b24-6-. The Labute approximate surface area is 156 Å². The molecular formula is C13H9ClF6N4O2S. The molecule has 0 saturated carbocycles. The van der Waals surface area contributed by atoms with Crippen LogP contribution in [-0.4, -0.2) is 34.3 Å². The Bertz CT molecular complexity index is 815. The highest BCUT2D eigenvalue weighted by atomic mass is 35.5. The van der Waals surface area contributed by atoms with Crippen molar-refractivity contribution in [1.29, 1.82) is 0 Å².